The van der Waals surface area contributed by atoms with Gasteiger partial charge in [0.2, 0.25) is 5.16 Å². The summed E-state index contributed by atoms with van der Waals surface area (Å²) >= 11 is 1.37. The lowest BCUT2D eigenvalue weighted by molar-refractivity contribution is 0.102. The molecule has 2 aliphatic rings. The van der Waals surface area contributed by atoms with Gasteiger partial charge in [0, 0.05) is 18.4 Å². The Morgan fingerprint density at radius 2 is 1.96 bits per heavy atom. The monoisotopic (exact) mass is 373 g/mol. The quantitative estimate of drug-likeness (QED) is 0.615. The van der Waals surface area contributed by atoms with Crippen LogP contribution in [0.4, 0.5) is 0 Å². The molecule has 0 saturated heterocycles. The molecule has 0 unspecified atom stereocenters. The number of aromatic nitrogens is 3. The van der Waals surface area contributed by atoms with Crippen molar-refractivity contribution in [1.82, 2.24) is 15.2 Å². The van der Waals surface area contributed by atoms with Crippen molar-refractivity contribution in [3.8, 4) is 11.5 Å². The third kappa shape index (κ3) is 4.20. The number of Topliss-reactive ketones (excluding diaryl/α,β-unsaturated/α-hetero) is 1. The summed E-state index contributed by atoms with van der Waals surface area (Å²) in [6.45, 7) is 1.25. The van der Waals surface area contributed by atoms with Crippen LogP contribution in [0.3, 0.4) is 0 Å². The van der Waals surface area contributed by atoms with Gasteiger partial charge in [-0.05, 0) is 24.1 Å². The number of H-pyrrole nitrogens is 1. The Balaban J connectivity index is 1.33. The Morgan fingerprint density at radius 1 is 1.15 bits per heavy atom. The van der Waals surface area contributed by atoms with Crippen LogP contribution >= 0.6 is 11.8 Å². The maximum atomic E-state index is 12.5. The minimum atomic E-state index is 0.0350. The predicted molar refractivity (Wildman–Crippen MR) is 99.1 cm³/mol. The zero-order chi connectivity index (χ0) is 17.8. The predicted octanol–water partition coefficient (Wildman–Crippen LogP) is 3.67. The number of rotatable bonds is 6. The van der Waals surface area contributed by atoms with E-state index in [4.69, 9.17) is 9.47 Å². The smallest absolute Gasteiger partial charge is 0.208 e. The van der Waals surface area contributed by atoms with Crippen molar-refractivity contribution < 1.29 is 14.3 Å². The van der Waals surface area contributed by atoms with E-state index in [1.165, 1.54) is 37.4 Å². The molecule has 6 nitrogen and oxygen atoms in total. The number of carbonyl (C=O) groups is 1. The molecular weight excluding hydrogens is 350 g/mol. The first kappa shape index (κ1) is 17.4. The molecule has 26 heavy (non-hydrogen) atoms. The molecule has 1 aliphatic carbocycles. The second kappa shape index (κ2) is 8.12. The van der Waals surface area contributed by atoms with Gasteiger partial charge < -0.3 is 9.47 Å². The molecule has 1 aliphatic heterocycles. The highest BCUT2D eigenvalue weighted by Gasteiger charge is 2.18. The van der Waals surface area contributed by atoms with Crippen molar-refractivity contribution in [3.63, 3.8) is 0 Å². The summed E-state index contributed by atoms with van der Waals surface area (Å²) < 4.78 is 11.3. The zero-order valence-electron chi connectivity index (χ0n) is 14.7. The van der Waals surface area contributed by atoms with Crippen molar-refractivity contribution in [2.75, 3.05) is 19.0 Å². The summed E-state index contributed by atoms with van der Waals surface area (Å²) in [4.78, 5) is 17.0. The van der Waals surface area contributed by atoms with E-state index in [0.717, 1.165) is 24.6 Å². The fraction of sp³-hybridized carbons (Fsp3) is 0.526. The Morgan fingerprint density at radius 3 is 2.81 bits per heavy atom. The normalized spacial score (nSPS) is 17.2. The maximum absolute atomic E-state index is 12.5. The van der Waals surface area contributed by atoms with Crippen molar-refractivity contribution in [1.29, 1.82) is 0 Å². The maximum Gasteiger partial charge on any atom is 0.208 e. The highest BCUT2D eigenvalue weighted by molar-refractivity contribution is 7.99. The van der Waals surface area contributed by atoms with E-state index in [2.05, 4.69) is 15.2 Å². The summed E-state index contributed by atoms with van der Waals surface area (Å²) in [5.41, 5.74) is 0.628. The molecule has 0 bridgehead atoms. The lowest BCUT2D eigenvalue weighted by Crippen LogP contribution is -2.04. The first-order valence-corrected chi connectivity index (χ1v) is 10.2. The molecule has 138 valence electrons. The van der Waals surface area contributed by atoms with E-state index < -0.39 is 0 Å². The summed E-state index contributed by atoms with van der Waals surface area (Å²) in [5.74, 6) is 3.35. The number of nitrogens with one attached hydrogen (secondary N) is 1. The Bertz CT molecular complexity index is 771. The average Bonchev–Trinajstić information content (AvgIpc) is 3.27. The van der Waals surface area contributed by atoms with Crippen LogP contribution < -0.4 is 9.47 Å². The number of thioether (sulfide) groups is 1. The van der Waals surface area contributed by atoms with Gasteiger partial charge >= 0.3 is 0 Å². The second-order valence-electron chi connectivity index (χ2n) is 6.84. The molecular formula is C19H23N3O3S. The average molecular weight is 373 g/mol. The number of ketones is 1. The van der Waals surface area contributed by atoms with E-state index in [0.29, 0.717) is 41.2 Å². The molecule has 1 N–H and O–H groups in total. The van der Waals surface area contributed by atoms with Gasteiger partial charge in [-0.1, -0.05) is 37.4 Å². The topological polar surface area (TPSA) is 77.1 Å². The molecule has 0 amide bonds. The van der Waals surface area contributed by atoms with E-state index >= 15 is 0 Å². The highest BCUT2D eigenvalue weighted by atomic mass is 32.2. The molecule has 1 fully saturated rings. The largest absolute Gasteiger partial charge is 0.490 e. The fourth-order valence-corrected chi connectivity index (χ4v) is 4.18. The van der Waals surface area contributed by atoms with Gasteiger partial charge in [-0.15, -0.1) is 5.10 Å². The molecule has 1 aromatic carbocycles. The van der Waals surface area contributed by atoms with Gasteiger partial charge in [0.25, 0.3) is 0 Å². The van der Waals surface area contributed by atoms with Crippen LogP contribution in [0.5, 0.6) is 11.5 Å². The molecule has 4 rings (SSSR count). The van der Waals surface area contributed by atoms with Crippen LogP contribution in [0, 0.1) is 5.92 Å². The summed E-state index contributed by atoms with van der Waals surface area (Å²) in [6, 6.07) is 5.37. The van der Waals surface area contributed by atoms with Crippen molar-refractivity contribution in [2.45, 2.75) is 43.7 Å². The molecule has 1 saturated carbocycles. The number of fused-ring (bicyclic) bond motifs is 1. The number of ether oxygens (including phenoxy) is 2. The number of nitrogens with zero attached hydrogens (tertiary/aromatic N) is 2. The number of aromatic amines is 1. The summed E-state index contributed by atoms with van der Waals surface area (Å²) in [6.07, 6.45) is 7.03. The van der Waals surface area contributed by atoms with Crippen molar-refractivity contribution >= 4 is 17.5 Å². The van der Waals surface area contributed by atoms with Gasteiger partial charge in [0.1, 0.15) is 5.82 Å². The lowest BCUT2D eigenvalue weighted by atomic mass is 10.0. The zero-order valence-corrected chi connectivity index (χ0v) is 15.5. The van der Waals surface area contributed by atoms with Crippen LogP contribution in [0.1, 0.15) is 48.3 Å². The minimum absolute atomic E-state index is 0.0350. The molecule has 7 heteroatoms. The van der Waals surface area contributed by atoms with Gasteiger partial charge in [-0.2, -0.15) is 0 Å². The first-order valence-electron chi connectivity index (χ1n) is 9.25. The highest BCUT2D eigenvalue weighted by Crippen LogP contribution is 2.31. The van der Waals surface area contributed by atoms with Gasteiger partial charge in [-0.3, -0.25) is 9.89 Å². The Labute approximate surface area is 157 Å². The third-order valence-corrected chi connectivity index (χ3v) is 5.72. The van der Waals surface area contributed by atoms with Crippen LogP contribution in [-0.4, -0.2) is 39.9 Å². The number of carbonyl (C=O) groups excluding carboxylic acids is 1. The molecule has 0 atom stereocenters. The molecule has 1 aromatic heterocycles. The Kier molecular flexibility index (Phi) is 5.43. The summed E-state index contributed by atoms with van der Waals surface area (Å²) in [5, 5.41) is 7.89. The fourth-order valence-electron chi connectivity index (χ4n) is 3.47. The first-order chi connectivity index (χ1) is 12.8. The number of hydrogen-bond acceptors (Lipinski definition) is 6. The molecule has 0 spiro atoms. The van der Waals surface area contributed by atoms with Gasteiger partial charge in [0.05, 0.1) is 19.0 Å². The molecule has 2 aromatic rings. The van der Waals surface area contributed by atoms with E-state index in [1.807, 2.05) is 6.07 Å². The second-order valence-corrected chi connectivity index (χ2v) is 7.79. The van der Waals surface area contributed by atoms with E-state index in [-0.39, 0.29) is 5.78 Å². The lowest BCUT2D eigenvalue weighted by Gasteiger charge is -2.08. The van der Waals surface area contributed by atoms with Crippen LogP contribution in [0.2, 0.25) is 0 Å². The number of hydrogen-bond donors (Lipinski definition) is 1. The van der Waals surface area contributed by atoms with Gasteiger partial charge in [0.15, 0.2) is 17.3 Å². The minimum Gasteiger partial charge on any atom is -0.490 e. The SMILES string of the molecule is O=C(CSc1n[nH]c(CC2CCCC2)n1)c1ccc2c(c1)OCCCO2. The van der Waals surface area contributed by atoms with Crippen molar-refractivity contribution in [2.24, 2.45) is 5.92 Å². The van der Waals surface area contributed by atoms with Crippen LogP contribution in [-0.2, 0) is 6.42 Å². The van der Waals surface area contributed by atoms with E-state index in [1.54, 1.807) is 12.1 Å². The van der Waals surface area contributed by atoms with E-state index in [9.17, 15) is 4.79 Å². The van der Waals surface area contributed by atoms with Crippen molar-refractivity contribution in [3.05, 3.63) is 29.6 Å². The third-order valence-electron chi connectivity index (χ3n) is 4.87. The molecule has 0 radical (unpaired) electrons. The van der Waals surface area contributed by atoms with Crippen LogP contribution in [0.25, 0.3) is 0 Å². The van der Waals surface area contributed by atoms with Gasteiger partial charge in [-0.25, -0.2) is 4.98 Å². The summed E-state index contributed by atoms with van der Waals surface area (Å²) in [7, 11) is 0. The standard InChI is InChI=1S/C19H23N3O3S/c23-15(14-6-7-16-17(11-14)25-9-3-8-24-16)12-26-19-20-18(21-22-19)10-13-4-1-2-5-13/h6-7,11,13H,1-5,8-10,12H2,(H,20,21,22). The number of benzene rings is 1. The Hall–Kier alpha value is -2.02. The van der Waals surface area contributed by atoms with Crippen LogP contribution in [0.15, 0.2) is 23.4 Å². The molecule has 2 heterocycles.